The van der Waals surface area contributed by atoms with Crippen LogP contribution in [0.25, 0.3) is 0 Å². The van der Waals surface area contributed by atoms with E-state index in [0.29, 0.717) is 11.3 Å². The number of para-hydroxylation sites is 1. The van der Waals surface area contributed by atoms with Crippen LogP contribution < -0.4 is 9.80 Å². The summed E-state index contributed by atoms with van der Waals surface area (Å²) in [7, 11) is 0. The molecule has 0 N–H and O–H groups in total. The lowest BCUT2D eigenvalue weighted by Gasteiger charge is -2.28. The highest BCUT2D eigenvalue weighted by atomic mass is 16.7. The van der Waals surface area contributed by atoms with Crippen molar-refractivity contribution in [3.63, 3.8) is 0 Å². The van der Waals surface area contributed by atoms with E-state index < -0.39 is 24.0 Å². The predicted octanol–water partition coefficient (Wildman–Crippen LogP) is 4.95. The van der Waals surface area contributed by atoms with Gasteiger partial charge in [0.15, 0.2) is 6.10 Å². The Bertz CT molecular complexity index is 1460. The van der Waals surface area contributed by atoms with Crippen molar-refractivity contribution < 1.29 is 24.0 Å². The Balaban J connectivity index is 1.29. The van der Waals surface area contributed by atoms with E-state index in [1.807, 2.05) is 66.7 Å². The Kier molecular flexibility index (Phi) is 6.19. The van der Waals surface area contributed by atoms with E-state index in [9.17, 15) is 14.4 Å². The fourth-order valence-corrected chi connectivity index (χ4v) is 5.00. The summed E-state index contributed by atoms with van der Waals surface area (Å²) in [5.74, 6) is -1.41. The number of carbonyl (C=O) groups is 3. The van der Waals surface area contributed by atoms with E-state index in [1.165, 1.54) is 4.90 Å². The molecule has 38 heavy (non-hydrogen) atoms. The normalized spacial score (nSPS) is 20.5. The SMILES string of the molecule is O=C(Oc1ccc([C@H]2[C@H]3C(=O)N(Cc4ccccc4)C(=O)[C@@H]3ON2c2ccccc2)cc1)c1ccccc1. The first-order chi connectivity index (χ1) is 18.6. The average molecular weight is 505 g/mol. The van der Waals surface area contributed by atoms with Crippen LogP contribution in [0, 0.1) is 5.92 Å². The van der Waals surface area contributed by atoms with Gasteiger partial charge in [-0.1, -0.05) is 78.9 Å². The zero-order chi connectivity index (χ0) is 26.1. The van der Waals surface area contributed by atoms with Crippen molar-refractivity contribution >= 4 is 23.5 Å². The van der Waals surface area contributed by atoms with Gasteiger partial charge in [-0.3, -0.25) is 19.3 Å². The highest BCUT2D eigenvalue weighted by molar-refractivity contribution is 6.07. The van der Waals surface area contributed by atoms with E-state index >= 15 is 0 Å². The van der Waals surface area contributed by atoms with Crippen molar-refractivity contribution in [1.29, 1.82) is 0 Å². The summed E-state index contributed by atoms with van der Waals surface area (Å²) in [4.78, 5) is 47.0. The summed E-state index contributed by atoms with van der Waals surface area (Å²) in [6.45, 7) is 0.196. The minimum Gasteiger partial charge on any atom is -0.423 e. The molecule has 0 spiro atoms. The molecule has 0 unspecified atom stereocenters. The van der Waals surface area contributed by atoms with Crippen molar-refractivity contribution in [2.75, 3.05) is 5.06 Å². The monoisotopic (exact) mass is 504 g/mol. The highest BCUT2D eigenvalue weighted by Crippen LogP contribution is 2.47. The third kappa shape index (κ3) is 4.33. The second-order valence-corrected chi connectivity index (χ2v) is 9.23. The third-order valence-corrected chi connectivity index (χ3v) is 6.84. The molecule has 2 saturated heterocycles. The van der Waals surface area contributed by atoms with Gasteiger partial charge in [0.2, 0.25) is 5.91 Å². The van der Waals surface area contributed by atoms with Gasteiger partial charge >= 0.3 is 5.97 Å². The summed E-state index contributed by atoms with van der Waals surface area (Å²) >= 11 is 0. The van der Waals surface area contributed by atoms with Crippen LogP contribution in [0.15, 0.2) is 115 Å². The number of imide groups is 1. The molecule has 2 fully saturated rings. The molecule has 0 aromatic heterocycles. The van der Waals surface area contributed by atoms with Crippen LogP contribution in [0.5, 0.6) is 5.75 Å². The van der Waals surface area contributed by atoms with Gasteiger partial charge in [-0.05, 0) is 47.5 Å². The standard InChI is InChI=1S/C31H24N2O5/c34-29-26-27(22-16-18-25(19-17-22)37-31(36)23-12-6-2-7-13-23)33(24-14-8-3-9-15-24)38-28(26)30(35)32(29)20-21-10-4-1-5-11-21/h1-19,26-28H,20H2/t26-,27+,28-/m1/s1. The molecule has 0 saturated carbocycles. The van der Waals surface area contributed by atoms with E-state index in [2.05, 4.69) is 0 Å². The Morgan fingerprint density at radius 2 is 1.34 bits per heavy atom. The first-order valence-corrected chi connectivity index (χ1v) is 12.4. The molecular weight excluding hydrogens is 480 g/mol. The molecule has 0 radical (unpaired) electrons. The van der Waals surface area contributed by atoms with Crippen molar-refractivity contribution in [1.82, 2.24) is 4.90 Å². The molecule has 2 amide bonds. The number of rotatable bonds is 6. The predicted molar refractivity (Wildman–Crippen MR) is 140 cm³/mol. The van der Waals surface area contributed by atoms with Crippen LogP contribution >= 0.6 is 0 Å². The molecule has 2 aliphatic rings. The Labute approximate surface area is 219 Å². The Morgan fingerprint density at radius 1 is 0.737 bits per heavy atom. The molecule has 7 nitrogen and oxygen atoms in total. The molecule has 0 aliphatic carbocycles. The summed E-state index contributed by atoms with van der Waals surface area (Å²) in [6, 6.07) is 34.0. The molecule has 2 heterocycles. The highest BCUT2D eigenvalue weighted by Gasteiger charge is 2.59. The van der Waals surface area contributed by atoms with Gasteiger partial charge in [0.1, 0.15) is 11.7 Å². The van der Waals surface area contributed by atoms with Crippen LogP contribution in [0.4, 0.5) is 5.69 Å². The van der Waals surface area contributed by atoms with Crippen molar-refractivity contribution in [3.05, 3.63) is 132 Å². The van der Waals surface area contributed by atoms with Gasteiger partial charge in [-0.2, -0.15) is 0 Å². The van der Waals surface area contributed by atoms with E-state index in [0.717, 1.165) is 16.8 Å². The van der Waals surface area contributed by atoms with Crippen LogP contribution in [0.1, 0.15) is 27.5 Å². The lowest BCUT2D eigenvalue weighted by Crippen LogP contribution is -2.36. The third-order valence-electron chi connectivity index (χ3n) is 6.84. The number of esters is 1. The smallest absolute Gasteiger partial charge is 0.343 e. The van der Waals surface area contributed by atoms with Gasteiger partial charge in [0, 0.05) is 0 Å². The van der Waals surface area contributed by atoms with Crippen LogP contribution in [0.2, 0.25) is 0 Å². The number of likely N-dealkylation sites (tertiary alicyclic amines) is 1. The molecule has 0 bridgehead atoms. The number of amides is 2. The summed E-state index contributed by atoms with van der Waals surface area (Å²) in [6.07, 6.45) is -0.924. The van der Waals surface area contributed by atoms with E-state index in [1.54, 1.807) is 53.6 Å². The zero-order valence-corrected chi connectivity index (χ0v) is 20.3. The minimum atomic E-state index is -0.924. The lowest BCUT2D eigenvalue weighted by atomic mass is 9.90. The number of nitrogens with zero attached hydrogens (tertiary/aromatic N) is 2. The molecule has 7 heteroatoms. The number of hydroxylamine groups is 1. The summed E-state index contributed by atoms with van der Waals surface area (Å²) < 4.78 is 5.52. The lowest BCUT2D eigenvalue weighted by molar-refractivity contribution is -0.143. The largest absolute Gasteiger partial charge is 0.423 e. The minimum absolute atomic E-state index is 0.196. The van der Waals surface area contributed by atoms with Crippen LogP contribution in [-0.2, 0) is 21.0 Å². The summed E-state index contributed by atoms with van der Waals surface area (Å²) in [5.41, 5.74) is 2.83. The topological polar surface area (TPSA) is 76.2 Å². The van der Waals surface area contributed by atoms with E-state index in [4.69, 9.17) is 9.57 Å². The van der Waals surface area contributed by atoms with Gasteiger partial charge in [-0.25, -0.2) is 9.86 Å². The van der Waals surface area contributed by atoms with Gasteiger partial charge in [0.25, 0.3) is 5.91 Å². The summed E-state index contributed by atoms with van der Waals surface area (Å²) in [5, 5.41) is 1.65. The fraction of sp³-hybridized carbons (Fsp3) is 0.129. The molecule has 3 atom stereocenters. The zero-order valence-electron chi connectivity index (χ0n) is 20.3. The Morgan fingerprint density at radius 3 is 2.00 bits per heavy atom. The number of carbonyl (C=O) groups excluding carboxylic acids is 3. The number of anilines is 1. The van der Waals surface area contributed by atoms with Crippen molar-refractivity contribution in [3.8, 4) is 5.75 Å². The number of hydrogen-bond donors (Lipinski definition) is 0. The molecular formula is C31H24N2O5. The molecule has 2 aliphatic heterocycles. The fourth-order valence-electron chi connectivity index (χ4n) is 5.00. The quantitative estimate of drug-likeness (QED) is 0.210. The first-order valence-electron chi connectivity index (χ1n) is 12.4. The van der Waals surface area contributed by atoms with E-state index in [-0.39, 0.29) is 18.4 Å². The van der Waals surface area contributed by atoms with Gasteiger partial charge in [0.05, 0.1) is 23.8 Å². The maximum Gasteiger partial charge on any atom is 0.343 e. The number of ether oxygens (including phenoxy) is 1. The molecule has 6 rings (SSSR count). The number of benzene rings is 4. The average Bonchev–Trinajstić information content (AvgIpc) is 3.47. The number of hydrogen-bond acceptors (Lipinski definition) is 6. The molecule has 188 valence electrons. The van der Waals surface area contributed by atoms with Crippen LogP contribution in [-0.4, -0.2) is 28.8 Å². The van der Waals surface area contributed by atoms with Crippen LogP contribution in [0.3, 0.4) is 0 Å². The van der Waals surface area contributed by atoms with Crippen molar-refractivity contribution in [2.24, 2.45) is 5.92 Å². The Hall–Kier alpha value is -4.75. The van der Waals surface area contributed by atoms with Gasteiger partial charge < -0.3 is 4.74 Å². The molecule has 4 aromatic rings. The second-order valence-electron chi connectivity index (χ2n) is 9.23. The van der Waals surface area contributed by atoms with Gasteiger partial charge in [-0.15, -0.1) is 0 Å². The first kappa shape index (κ1) is 23.6. The van der Waals surface area contributed by atoms with Crippen molar-refractivity contribution in [2.45, 2.75) is 18.7 Å². The number of fused-ring (bicyclic) bond motifs is 1. The maximum atomic E-state index is 13.7. The maximum absolute atomic E-state index is 13.7. The molecule has 4 aromatic carbocycles. The second kappa shape index (κ2) is 9.95.